The topological polar surface area (TPSA) is 79.5 Å². The first-order chi connectivity index (χ1) is 7.44. The van der Waals surface area contributed by atoms with E-state index in [2.05, 4.69) is 22.5 Å². The van der Waals surface area contributed by atoms with Crippen molar-refractivity contribution < 1.29 is 4.79 Å². The van der Waals surface area contributed by atoms with Gasteiger partial charge >= 0.3 is 0 Å². The van der Waals surface area contributed by atoms with Gasteiger partial charge in [-0.15, -0.1) is 24.0 Å². The number of rotatable bonds is 6. The maximum atomic E-state index is 11.6. The molecule has 0 aromatic rings. The zero-order chi connectivity index (χ0) is 12.6. The van der Waals surface area contributed by atoms with Crippen molar-refractivity contribution in [1.29, 1.82) is 0 Å². The molecule has 0 aliphatic rings. The van der Waals surface area contributed by atoms with Crippen molar-refractivity contribution in [3.63, 3.8) is 0 Å². The van der Waals surface area contributed by atoms with Gasteiger partial charge in [-0.1, -0.05) is 6.92 Å². The first-order valence-corrected chi connectivity index (χ1v) is 5.76. The third-order valence-corrected chi connectivity index (χ3v) is 2.15. The molecule has 0 saturated carbocycles. The van der Waals surface area contributed by atoms with E-state index in [1.165, 1.54) is 0 Å². The van der Waals surface area contributed by atoms with Crippen LogP contribution < -0.4 is 16.4 Å². The summed E-state index contributed by atoms with van der Waals surface area (Å²) in [5.74, 6) is 0.404. The Morgan fingerprint density at radius 1 is 1.29 bits per heavy atom. The van der Waals surface area contributed by atoms with Crippen LogP contribution in [-0.2, 0) is 4.79 Å². The molecular formula is C11H25IN4O. The number of aliphatic imine (C=N–C) groups is 1. The second kappa shape index (κ2) is 9.49. The third-order valence-electron chi connectivity index (χ3n) is 2.15. The molecule has 0 rings (SSSR count). The molecule has 6 heteroatoms. The van der Waals surface area contributed by atoms with Gasteiger partial charge in [0.1, 0.15) is 0 Å². The number of hydrogen-bond acceptors (Lipinski definition) is 2. The zero-order valence-corrected chi connectivity index (χ0v) is 13.5. The van der Waals surface area contributed by atoms with E-state index in [1.807, 2.05) is 20.8 Å². The van der Waals surface area contributed by atoms with E-state index in [1.54, 1.807) is 0 Å². The minimum Gasteiger partial charge on any atom is -0.370 e. The highest BCUT2D eigenvalue weighted by molar-refractivity contribution is 14.0. The van der Waals surface area contributed by atoms with Crippen LogP contribution in [0.3, 0.4) is 0 Å². The summed E-state index contributed by atoms with van der Waals surface area (Å²) in [6.45, 7) is 9.49. The molecule has 0 spiro atoms. The maximum absolute atomic E-state index is 11.6. The van der Waals surface area contributed by atoms with Gasteiger partial charge in [0, 0.05) is 13.1 Å². The van der Waals surface area contributed by atoms with Crippen LogP contribution in [0.5, 0.6) is 0 Å². The SMILES string of the molecule is CCCNC(N)=NCC(C)(C)C(=O)NCC.I. The molecule has 17 heavy (non-hydrogen) atoms. The molecule has 0 fully saturated rings. The summed E-state index contributed by atoms with van der Waals surface area (Å²) in [6, 6.07) is 0. The van der Waals surface area contributed by atoms with Crippen molar-refractivity contribution in [3.8, 4) is 0 Å². The molecule has 0 aromatic heterocycles. The lowest BCUT2D eigenvalue weighted by molar-refractivity contribution is -0.128. The largest absolute Gasteiger partial charge is 0.370 e. The van der Waals surface area contributed by atoms with Gasteiger partial charge in [-0.25, -0.2) is 0 Å². The molecule has 0 bridgehead atoms. The van der Waals surface area contributed by atoms with Crippen molar-refractivity contribution in [2.24, 2.45) is 16.1 Å². The number of nitrogens with one attached hydrogen (secondary N) is 2. The molecule has 0 saturated heterocycles. The molecule has 4 N–H and O–H groups in total. The second-order valence-corrected chi connectivity index (χ2v) is 4.37. The molecule has 0 aliphatic carbocycles. The smallest absolute Gasteiger partial charge is 0.227 e. The third kappa shape index (κ3) is 8.23. The van der Waals surface area contributed by atoms with Gasteiger partial charge in [0.15, 0.2) is 5.96 Å². The van der Waals surface area contributed by atoms with Gasteiger partial charge in [-0.3, -0.25) is 9.79 Å². The summed E-state index contributed by atoms with van der Waals surface area (Å²) in [4.78, 5) is 15.8. The minimum atomic E-state index is -0.519. The molecule has 0 atom stereocenters. The molecule has 5 nitrogen and oxygen atoms in total. The first-order valence-electron chi connectivity index (χ1n) is 5.76. The highest BCUT2D eigenvalue weighted by atomic mass is 127. The monoisotopic (exact) mass is 356 g/mol. The summed E-state index contributed by atoms with van der Waals surface area (Å²) in [6.07, 6.45) is 0.996. The average Bonchev–Trinajstić information content (AvgIpc) is 2.24. The number of carbonyl (C=O) groups is 1. The second-order valence-electron chi connectivity index (χ2n) is 4.37. The summed E-state index contributed by atoms with van der Waals surface area (Å²) in [7, 11) is 0. The number of hydrogen-bond donors (Lipinski definition) is 3. The Hall–Kier alpha value is -0.530. The summed E-state index contributed by atoms with van der Waals surface area (Å²) >= 11 is 0. The van der Waals surface area contributed by atoms with Crippen molar-refractivity contribution in [2.45, 2.75) is 34.1 Å². The Bertz CT molecular complexity index is 254. The highest BCUT2D eigenvalue weighted by Crippen LogP contribution is 2.15. The first kappa shape index (κ1) is 18.8. The Labute approximate surface area is 121 Å². The van der Waals surface area contributed by atoms with E-state index >= 15 is 0 Å². The Balaban J connectivity index is 0. The van der Waals surface area contributed by atoms with E-state index in [0.717, 1.165) is 13.0 Å². The van der Waals surface area contributed by atoms with Gasteiger partial charge in [0.2, 0.25) is 5.91 Å². The summed E-state index contributed by atoms with van der Waals surface area (Å²) in [5.41, 5.74) is 5.13. The lowest BCUT2D eigenvalue weighted by atomic mass is 9.92. The number of nitrogens with zero attached hydrogens (tertiary/aromatic N) is 1. The predicted octanol–water partition coefficient (Wildman–Crippen LogP) is 1.08. The van der Waals surface area contributed by atoms with Crippen LogP contribution in [0.25, 0.3) is 0 Å². The van der Waals surface area contributed by atoms with E-state index in [-0.39, 0.29) is 29.9 Å². The number of guanidine groups is 1. The molecule has 0 aliphatic heterocycles. The van der Waals surface area contributed by atoms with Crippen molar-refractivity contribution in [1.82, 2.24) is 10.6 Å². The fourth-order valence-electron chi connectivity index (χ4n) is 1.06. The Kier molecular flexibility index (Phi) is 10.5. The fourth-order valence-corrected chi connectivity index (χ4v) is 1.06. The molecule has 0 radical (unpaired) electrons. The van der Waals surface area contributed by atoms with Gasteiger partial charge in [0.25, 0.3) is 0 Å². The number of amides is 1. The molecule has 0 heterocycles. The standard InChI is InChI=1S/C11H24N4O.HI/c1-5-7-14-10(12)15-8-11(3,4)9(16)13-6-2;/h5-8H2,1-4H3,(H,13,16)(H3,12,14,15);1H. The highest BCUT2D eigenvalue weighted by Gasteiger charge is 2.26. The fraction of sp³-hybridized carbons (Fsp3) is 0.818. The van der Waals surface area contributed by atoms with Gasteiger partial charge in [-0.2, -0.15) is 0 Å². The van der Waals surface area contributed by atoms with Crippen LogP contribution in [0, 0.1) is 5.41 Å². The zero-order valence-electron chi connectivity index (χ0n) is 11.2. The average molecular weight is 356 g/mol. The van der Waals surface area contributed by atoms with E-state index in [9.17, 15) is 4.79 Å². The molecular weight excluding hydrogens is 331 g/mol. The Morgan fingerprint density at radius 2 is 1.88 bits per heavy atom. The van der Waals surface area contributed by atoms with Gasteiger partial charge in [0.05, 0.1) is 12.0 Å². The predicted molar refractivity (Wildman–Crippen MR) is 82.7 cm³/mol. The van der Waals surface area contributed by atoms with Crippen molar-refractivity contribution >= 4 is 35.8 Å². The quantitative estimate of drug-likeness (QED) is 0.379. The number of carbonyl (C=O) groups excluding carboxylic acids is 1. The molecule has 0 aromatic carbocycles. The minimum absolute atomic E-state index is 0. The van der Waals surface area contributed by atoms with E-state index < -0.39 is 5.41 Å². The van der Waals surface area contributed by atoms with Crippen molar-refractivity contribution in [2.75, 3.05) is 19.6 Å². The molecule has 1 amide bonds. The maximum Gasteiger partial charge on any atom is 0.227 e. The molecule has 0 unspecified atom stereocenters. The molecule has 102 valence electrons. The van der Waals surface area contributed by atoms with E-state index in [0.29, 0.717) is 19.0 Å². The van der Waals surface area contributed by atoms with Gasteiger partial charge in [-0.05, 0) is 27.2 Å². The van der Waals surface area contributed by atoms with Crippen LogP contribution >= 0.6 is 24.0 Å². The van der Waals surface area contributed by atoms with E-state index in [4.69, 9.17) is 5.73 Å². The van der Waals surface area contributed by atoms with Crippen LogP contribution in [0.2, 0.25) is 0 Å². The lowest BCUT2D eigenvalue weighted by Crippen LogP contribution is -2.40. The normalized spacial score (nSPS) is 11.6. The Morgan fingerprint density at radius 3 is 2.35 bits per heavy atom. The lowest BCUT2D eigenvalue weighted by Gasteiger charge is -2.21. The van der Waals surface area contributed by atoms with Crippen LogP contribution in [-0.4, -0.2) is 31.5 Å². The van der Waals surface area contributed by atoms with Gasteiger partial charge < -0.3 is 16.4 Å². The summed E-state index contributed by atoms with van der Waals surface area (Å²) < 4.78 is 0. The van der Waals surface area contributed by atoms with Crippen LogP contribution in [0.1, 0.15) is 34.1 Å². The van der Waals surface area contributed by atoms with Crippen LogP contribution in [0.4, 0.5) is 0 Å². The summed E-state index contributed by atoms with van der Waals surface area (Å²) in [5, 5.41) is 5.76. The number of halogens is 1. The van der Waals surface area contributed by atoms with Crippen molar-refractivity contribution in [3.05, 3.63) is 0 Å². The number of nitrogens with two attached hydrogens (primary N) is 1. The van der Waals surface area contributed by atoms with Crippen LogP contribution in [0.15, 0.2) is 4.99 Å².